The van der Waals surface area contributed by atoms with Crippen molar-refractivity contribution in [1.29, 1.82) is 0 Å². The summed E-state index contributed by atoms with van der Waals surface area (Å²) in [5.74, 6) is -1.64. The molecular weight excluding hydrogens is 350 g/mol. The maximum absolute atomic E-state index is 13.3. The zero-order valence-corrected chi connectivity index (χ0v) is 13.1. The minimum absolute atomic E-state index is 0.113. The van der Waals surface area contributed by atoms with E-state index in [9.17, 15) is 27.5 Å². The molecule has 3 nitrogen and oxygen atoms in total. The molecule has 3 aromatic rings. The van der Waals surface area contributed by atoms with E-state index in [1.807, 2.05) is 0 Å². The molecule has 0 aliphatic carbocycles. The monoisotopic (exact) mass is 361 g/mol. The van der Waals surface area contributed by atoms with E-state index in [1.165, 1.54) is 30.5 Å². The molecule has 0 aliphatic rings. The summed E-state index contributed by atoms with van der Waals surface area (Å²) in [7, 11) is 0. The summed E-state index contributed by atoms with van der Waals surface area (Å²) in [6, 6.07) is 10.3. The first kappa shape index (κ1) is 17.6. The normalized spacial score (nSPS) is 11.4. The Labute approximate surface area is 145 Å². The van der Waals surface area contributed by atoms with Crippen LogP contribution >= 0.6 is 0 Å². The van der Waals surface area contributed by atoms with Crippen LogP contribution in [0.4, 0.5) is 17.6 Å². The number of benzene rings is 2. The molecule has 7 heteroatoms. The van der Waals surface area contributed by atoms with Crippen LogP contribution < -0.4 is 0 Å². The predicted molar refractivity (Wildman–Crippen MR) is 86.2 cm³/mol. The van der Waals surface area contributed by atoms with E-state index in [1.54, 1.807) is 0 Å². The topological polar surface area (TPSA) is 50.2 Å². The fraction of sp³-hybridized carbons (Fsp3) is 0.0526. The number of hydrogen-bond acceptors (Lipinski definition) is 3. The van der Waals surface area contributed by atoms with Crippen molar-refractivity contribution in [2.75, 3.05) is 0 Å². The largest absolute Gasteiger partial charge is 0.507 e. The summed E-state index contributed by atoms with van der Waals surface area (Å²) in [6.07, 6.45) is -3.20. The van der Waals surface area contributed by atoms with Gasteiger partial charge in [-0.25, -0.2) is 4.39 Å². The second-order valence-electron chi connectivity index (χ2n) is 5.50. The number of alkyl halides is 3. The minimum Gasteiger partial charge on any atom is -0.507 e. The van der Waals surface area contributed by atoms with E-state index < -0.39 is 23.3 Å². The van der Waals surface area contributed by atoms with Gasteiger partial charge in [-0.15, -0.1) is 0 Å². The van der Waals surface area contributed by atoms with Gasteiger partial charge < -0.3 is 5.11 Å². The molecule has 0 aliphatic heterocycles. The number of ketones is 1. The summed E-state index contributed by atoms with van der Waals surface area (Å²) in [6.45, 7) is 0. The molecule has 0 radical (unpaired) electrons. The van der Waals surface area contributed by atoms with Crippen molar-refractivity contribution in [3.63, 3.8) is 0 Å². The third-order valence-electron chi connectivity index (χ3n) is 3.74. The van der Waals surface area contributed by atoms with E-state index in [2.05, 4.69) is 4.98 Å². The molecule has 0 amide bonds. The van der Waals surface area contributed by atoms with Gasteiger partial charge in [-0.1, -0.05) is 12.1 Å². The number of hydrogen-bond donors (Lipinski definition) is 1. The smallest absolute Gasteiger partial charge is 0.416 e. The number of nitrogens with zero attached hydrogens (tertiary/aromatic N) is 1. The Bertz CT molecular complexity index is 949. The Morgan fingerprint density at radius 2 is 1.65 bits per heavy atom. The van der Waals surface area contributed by atoms with Gasteiger partial charge >= 0.3 is 6.18 Å². The summed E-state index contributed by atoms with van der Waals surface area (Å²) < 4.78 is 51.0. The highest BCUT2D eigenvalue weighted by Crippen LogP contribution is 2.30. The highest BCUT2D eigenvalue weighted by Gasteiger charge is 2.30. The Morgan fingerprint density at radius 1 is 0.962 bits per heavy atom. The molecule has 2 aromatic carbocycles. The highest BCUT2D eigenvalue weighted by molar-refractivity contribution is 6.10. The lowest BCUT2D eigenvalue weighted by atomic mass is 10.0. The van der Waals surface area contributed by atoms with Crippen LogP contribution in [0.2, 0.25) is 0 Å². The number of carbonyl (C=O) groups excluding carboxylic acids is 1. The molecule has 1 N–H and O–H groups in total. The van der Waals surface area contributed by atoms with E-state index in [0.29, 0.717) is 11.3 Å². The van der Waals surface area contributed by atoms with Crippen molar-refractivity contribution in [3.05, 3.63) is 83.3 Å². The number of halogens is 4. The molecular formula is C19H11F4NO2. The van der Waals surface area contributed by atoms with Crippen LogP contribution in [-0.2, 0) is 6.18 Å². The molecule has 0 bridgehead atoms. The first-order chi connectivity index (χ1) is 12.3. The maximum atomic E-state index is 13.3. The maximum Gasteiger partial charge on any atom is 0.416 e. The van der Waals surface area contributed by atoms with Gasteiger partial charge in [0.1, 0.15) is 11.6 Å². The molecule has 0 saturated carbocycles. The van der Waals surface area contributed by atoms with Crippen LogP contribution in [0, 0.1) is 5.82 Å². The summed E-state index contributed by atoms with van der Waals surface area (Å²) in [5, 5.41) is 9.69. The highest BCUT2D eigenvalue weighted by atomic mass is 19.4. The van der Waals surface area contributed by atoms with Gasteiger partial charge in [0.2, 0.25) is 0 Å². The molecule has 26 heavy (non-hydrogen) atoms. The van der Waals surface area contributed by atoms with Gasteiger partial charge in [0, 0.05) is 17.3 Å². The molecule has 0 unspecified atom stereocenters. The van der Waals surface area contributed by atoms with Crippen LogP contribution in [-0.4, -0.2) is 15.9 Å². The lowest BCUT2D eigenvalue weighted by molar-refractivity contribution is -0.137. The van der Waals surface area contributed by atoms with E-state index in [-0.39, 0.29) is 16.9 Å². The average molecular weight is 361 g/mol. The van der Waals surface area contributed by atoms with Gasteiger partial charge in [0.15, 0.2) is 5.78 Å². The van der Waals surface area contributed by atoms with E-state index in [4.69, 9.17) is 0 Å². The molecule has 0 spiro atoms. The lowest BCUT2D eigenvalue weighted by Gasteiger charge is -2.08. The number of phenols is 1. The number of carbonyl (C=O) groups is 1. The average Bonchev–Trinajstić information content (AvgIpc) is 2.63. The molecule has 3 rings (SSSR count). The van der Waals surface area contributed by atoms with Gasteiger partial charge in [-0.2, -0.15) is 13.2 Å². The second kappa shape index (κ2) is 6.59. The first-order valence-electron chi connectivity index (χ1n) is 7.42. The summed E-state index contributed by atoms with van der Waals surface area (Å²) >= 11 is 0. The van der Waals surface area contributed by atoms with Crippen molar-refractivity contribution >= 4 is 5.78 Å². The molecule has 0 saturated heterocycles. The molecule has 1 heterocycles. The van der Waals surface area contributed by atoms with Crippen molar-refractivity contribution in [1.82, 2.24) is 4.98 Å². The molecule has 0 atom stereocenters. The molecule has 1 aromatic heterocycles. The van der Waals surface area contributed by atoms with E-state index in [0.717, 1.165) is 30.3 Å². The van der Waals surface area contributed by atoms with Gasteiger partial charge in [0.05, 0.1) is 16.8 Å². The van der Waals surface area contributed by atoms with Crippen molar-refractivity contribution in [2.45, 2.75) is 6.18 Å². The lowest BCUT2D eigenvalue weighted by Crippen LogP contribution is -2.04. The van der Waals surface area contributed by atoms with Gasteiger partial charge in [-0.05, 0) is 42.5 Å². The molecule has 0 fully saturated rings. The quantitative estimate of drug-likeness (QED) is 0.536. The fourth-order valence-electron chi connectivity index (χ4n) is 2.37. The number of rotatable bonds is 3. The fourth-order valence-corrected chi connectivity index (χ4v) is 2.37. The SMILES string of the molecule is O=C(c1ccc(-c2ccc(C(F)(F)F)cc2)nc1)c1cc(F)ccc1O. The minimum atomic E-state index is -4.42. The van der Waals surface area contributed by atoms with Gasteiger partial charge in [0.25, 0.3) is 0 Å². The summed E-state index contributed by atoms with van der Waals surface area (Å²) in [5.41, 5.74) is -0.0328. The Hall–Kier alpha value is -3.22. The first-order valence-corrected chi connectivity index (χ1v) is 7.42. The number of aromatic hydroxyl groups is 1. The second-order valence-corrected chi connectivity index (χ2v) is 5.50. The summed E-state index contributed by atoms with van der Waals surface area (Å²) in [4.78, 5) is 16.4. The molecule has 132 valence electrons. The standard InChI is InChI=1S/C19H11F4NO2/c20-14-6-8-17(25)15(9-14)18(26)12-3-7-16(24-10-12)11-1-4-13(5-2-11)19(21,22)23/h1-10,25H. The van der Waals surface area contributed by atoms with Crippen molar-refractivity contribution < 1.29 is 27.5 Å². The van der Waals surface area contributed by atoms with Crippen LogP contribution in [0.15, 0.2) is 60.8 Å². The van der Waals surface area contributed by atoms with Crippen molar-refractivity contribution in [2.24, 2.45) is 0 Å². The Kier molecular flexibility index (Phi) is 4.46. The third kappa shape index (κ3) is 3.56. The van der Waals surface area contributed by atoms with Crippen molar-refractivity contribution in [3.8, 4) is 17.0 Å². The van der Waals surface area contributed by atoms with Crippen LogP contribution in [0.5, 0.6) is 5.75 Å². The Balaban J connectivity index is 1.86. The number of aromatic nitrogens is 1. The number of phenolic OH excluding ortho intramolecular Hbond substituents is 1. The predicted octanol–water partition coefficient (Wildman–Crippen LogP) is 4.84. The number of pyridine rings is 1. The Morgan fingerprint density at radius 3 is 2.23 bits per heavy atom. The van der Waals surface area contributed by atoms with Crippen LogP contribution in [0.1, 0.15) is 21.5 Å². The van der Waals surface area contributed by atoms with Crippen LogP contribution in [0.25, 0.3) is 11.3 Å². The van der Waals surface area contributed by atoms with Gasteiger partial charge in [-0.3, -0.25) is 9.78 Å². The zero-order chi connectivity index (χ0) is 18.9. The zero-order valence-electron chi connectivity index (χ0n) is 13.1. The van der Waals surface area contributed by atoms with Crippen LogP contribution in [0.3, 0.4) is 0 Å². The third-order valence-corrected chi connectivity index (χ3v) is 3.74. The van der Waals surface area contributed by atoms with E-state index >= 15 is 0 Å².